The highest BCUT2D eigenvalue weighted by Crippen LogP contribution is 2.37. The van der Waals surface area contributed by atoms with Crippen molar-refractivity contribution in [1.29, 1.82) is 0 Å². The van der Waals surface area contributed by atoms with Crippen LogP contribution in [0.3, 0.4) is 0 Å². The van der Waals surface area contributed by atoms with E-state index in [-0.39, 0.29) is 22.9 Å². The molecule has 0 heterocycles. The van der Waals surface area contributed by atoms with Crippen molar-refractivity contribution in [3.8, 4) is 5.75 Å². The molecule has 0 unspecified atom stereocenters. The Hall–Kier alpha value is -4.55. The number of likely N-dealkylation sites (N-methyl/N-ethyl adjacent to an activating group) is 1. The zero-order valence-corrected chi connectivity index (χ0v) is 26.4. The summed E-state index contributed by atoms with van der Waals surface area (Å²) in [5.74, 6) is -0.913. The predicted octanol–water partition coefficient (Wildman–Crippen LogP) is 5.95. The first-order valence-electron chi connectivity index (χ1n) is 14.0. The molecule has 1 N–H and O–H groups in total. The lowest BCUT2D eigenvalue weighted by Crippen LogP contribution is -2.53. The third-order valence-electron chi connectivity index (χ3n) is 7.16. The molecule has 4 aromatic carbocycles. The van der Waals surface area contributed by atoms with Gasteiger partial charge in [-0.2, -0.15) is 13.2 Å². The lowest BCUT2D eigenvalue weighted by molar-refractivity contribution is -0.139. The topological polar surface area (TPSA) is 96.0 Å². The van der Waals surface area contributed by atoms with Gasteiger partial charge in [-0.3, -0.25) is 13.9 Å². The number of alkyl halides is 3. The van der Waals surface area contributed by atoms with E-state index in [1.54, 1.807) is 60.7 Å². The summed E-state index contributed by atoms with van der Waals surface area (Å²) in [6.07, 6.45) is -4.77. The molecule has 4 rings (SSSR count). The Bertz CT molecular complexity index is 1770. The fraction of sp³-hybridized carbons (Fsp3) is 0.212. The van der Waals surface area contributed by atoms with E-state index in [2.05, 4.69) is 5.32 Å². The number of ether oxygens (including phenoxy) is 1. The second-order valence-electron chi connectivity index (χ2n) is 10.2. The molecule has 13 heteroatoms. The predicted molar refractivity (Wildman–Crippen MR) is 169 cm³/mol. The van der Waals surface area contributed by atoms with Crippen LogP contribution >= 0.6 is 11.6 Å². The number of carbonyl (C=O) groups excluding carboxylic acids is 2. The van der Waals surface area contributed by atoms with E-state index in [4.69, 9.17) is 16.3 Å². The second-order valence-corrected chi connectivity index (χ2v) is 12.5. The van der Waals surface area contributed by atoms with Crippen LogP contribution in [0.25, 0.3) is 0 Å². The third-order valence-corrected chi connectivity index (χ3v) is 9.25. The Morgan fingerprint density at radius 1 is 0.891 bits per heavy atom. The number of nitrogens with zero attached hydrogens (tertiary/aromatic N) is 2. The maximum atomic E-state index is 14.4. The van der Waals surface area contributed by atoms with Crippen LogP contribution in [-0.4, -0.2) is 51.9 Å². The maximum Gasteiger partial charge on any atom is 0.416 e. The van der Waals surface area contributed by atoms with Gasteiger partial charge in [0.1, 0.15) is 18.3 Å². The molecule has 1 atom stereocenters. The molecule has 46 heavy (non-hydrogen) atoms. The molecule has 0 bridgehead atoms. The van der Waals surface area contributed by atoms with Gasteiger partial charge < -0.3 is 15.0 Å². The molecule has 242 valence electrons. The number of halogens is 4. The summed E-state index contributed by atoms with van der Waals surface area (Å²) < 4.78 is 75.2. The molecular weight excluding hydrogens is 643 g/mol. The van der Waals surface area contributed by atoms with Gasteiger partial charge in [0.05, 0.1) is 28.3 Å². The van der Waals surface area contributed by atoms with Crippen LogP contribution in [0.5, 0.6) is 5.75 Å². The van der Waals surface area contributed by atoms with E-state index in [0.717, 1.165) is 12.1 Å². The first-order chi connectivity index (χ1) is 21.8. The lowest BCUT2D eigenvalue weighted by atomic mass is 10.0. The van der Waals surface area contributed by atoms with E-state index in [1.807, 2.05) is 0 Å². The minimum atomic E-state index is -4.83. The van der Waals surface area contributed by atoms with Gasteiger partial charge in [-0.1, -0.05) is 72.3 Å². The number of amides is 2. The Morgan fingerprint density at radius 2 is 1.52 bits per heavy atom. The first kappa shape index (κ1) is 34.3. The van der Waals surface area contributed by atoms with E-state index < -0.39 is 51.9 Å². The van der Waals surface area contributed by atoms with Crippen molar-refractivity contribution in [3.05, 3.63) is 125 Å². The smallest absolute Gasteiger partial charge is 0.416 e. The highest BCUT2D eigenvalue weighted by Gasteiger charge is 2.37. The molecule has 0 saturated carbocycles. The van der Waals surface area contributed by atoms with Gasteiger partial charge in [0.25, 0.3) is 10.0 Å². The number of sulfonamides is 1. The minimum Gasteiger partial charge on any atom is -0.497 e. The van der Waals surface area contributed by atoms with E-state index in [9.17, 15) is 31.2 Å². The molecule has 0 radical (unpaired) electrons. The fourth-order valence-electron chi connectivity index (χ4n) is 4.80. The second kappa shape index (κ2) is 14.7. The van der Waals surface area contributed by atoms with Crippen molar-refractivity contribution < 1.29 is 35.9 Å². The number of hydrogen-bond acceptors (Lipinski definition) is 5. The summed E-state index contributed by atoms with van der Waals surface area (Å²) >= 11 is 6.33. The van der Waals surface area contributed by atoms with Gasteiger partial charge in [-0.25, -0.2) is 8.42 Å². The summed E-state index contributed by atoms with van der Waals surface area (Å²) in [4.78, 5) is 28.6. The van der Waals surface area contributed by atoms with Crippen molar-refractivity contribution in [2.75, 3.05) is 25.0 Å². The largest absolute Gasteiger partial charge is 0.497 e. The van der Waals surface area contributed by atoms with Crippen LogP contribution in [0, 0.1) is 0 Å². The quantitative estimate of drug-likeness (QED) is 0.201. The summed E-state index contributed by atoms with van der Waals surface area (Å²) in [7, 11) is -1.77. The van der Waals surface area contributed by atoms with E-state index >= 15 is 0 Å². The molecule has 0 aliphatic rings. The monoisotopic (exact) mass is 673 g/mol. The van der Waals surface area contributed by atoms with Crippen LogP contribution in [0.4, 0.5) is 18.9 Å². The van der Waals surface area contributed by atoms with Crippen LogP contribution in [0.2, 0.25) is 5.02 Å². The zero-order valence-electron chi connectivity index (χ0n) is 24.9. The summed E-state index contributed by atoms with van der Waals surface area (Å²) in [5, 5.41) is 2.24. The molecule has 0 aliphatic heterocycles. The fourth-order valence-corrected chi connectivity index (χ4v) is 6.52. The van der Waals surface area contributed by atoms with Gasteiger partial charge in [0.15, 0.2) is 0 Å². The maximum absolute atomic E-state index is 14.4. The van der Waals surface area contributed by atoms with Gasteiger partial charge in [0.2, 0.25) is 11.8 Å². The Kier molecular flexibility index (Phi) is 11.0. The number of carbonyl (C=O) groups is 2. The average Bonchev–Trinajstić information content (AvgIpc) is 3.05. The lowest BCUT2D eigenvalue weighted by Gasteiger charge is -2.34. The first-order valence-corrected chi connectivity index (χ1v) is 15.8. The number of methoxy groups -OCH3 is 1. The SMILES string of the molecule is CNC(=O)[C@H](Cc1ccccc1)N(Cc1cccc(OC)c1)C(=O)CN(c1cc(C(F)(F)F)ccc1Cl)S(=O)(=O)c1ccccc1. The van der Waals surface area contributed by atoms with Crippen LogP contribution in [0.15, 0.2) is 108 Å². The molecule has 0 spiro atoms. The molecule has 8 nitrogen and oxygen atoms in total. The highest BCUT2D eigenvalue weighted by atomic mass is 35.5. The van der Waals surface area contributed by atoms with Gasteiger partial charge in [-0.05, 0) is 53.6 Å². The Balaban J connectivity index is 1.86. The Morgan fingerprint density at radius 3 is 2.13 bits per heavy atom. The van der Waals surface area contributed by atoms with Crippen molar-refractivity contribution in [1.82, 2.24) is 10.2 Å². The summed E-state index contributed by atoms with van der Waals surface area (Å²) in [6.45, 7) is -1.12. The Labute approximate surface area is 270 Å². The van der Waals surface area contributed by atoms with Crippen LogP contribution in [-0.2, 0) is 38.8 Å². The molecule has 0 aliphatic carbocycles. The van der Waals surface area contributed by atoms with Gasteiger partial charge >= 0.3 is 6.18 Å². The molecule has 0 fully saturated rings. The zero-order chi connectivity index (χ0) is 33.5. The molecule has 0 aromatic heterocycles. The van der Waals surface area contributed by atoms with Crippen molar-refractivity contribution in [2.24, 2.45) is 0 Å². The number of anilines is 1. The van der Waals surface area contributed by atoms with Crippen molar-refractivity contribution in [2.45, 2.75) is 30.1 Å². The summed E-state index contributed by atoms with van der Waals surface area (Å²) in [6, 6.07) is 23.7. The number of nitrogens with one attached hydrogen (secondary N) is 1. The van der Waals surface area contributed by atoms with Crippen molar-refractivity contribution >= 4 is 39.1 Å². The average molecular weight is 674 g/mol. The third kappa shape index (κ3) is 8.18. The minimum absolute atomic E-state index is 0.0615. The molecule has 2 amide bonds. The van der Waals surface area contributed by atoms with Crippen LogP contribution in [0.1, 0.15) is 16.7 Å². The molecule has 4 aromatic rings. The van der Waals surface area contributed by atoms with Gasteiger partial charge in [0, 0.05) is 20.0 Å². The number of benzene rings is 4. The molecule has 0 saturated heterocycles. The van der Waals surface area contributed by atoms with E-state index in [0.29, 0.717) is 27.2 Å². The normalized spacial score (nSPS) is 12.2. The summed E-state index contributed by atoms with van der Waals surface area (Å²) in [5.41, 5.74) is -0.429. The number of hydrogen-bond donors (Lipinski definition) is 1. The number of rotatable bonds is 12. The highest BCUT2D eigenvalue weighted by molar-refractivity contribution is 7.92. The van der Waals surface area contributed by atoms with E-state index in [1.165, 1.54) is 43.3 Å². The van der Waals surface area contributed by atoms with Crippen molar-refractivity contribution in [3.63, 3.8) is 0 Å². The molecular formula is C33H31ClF3N3O5S. The standard InChI is InChI=1S/C33H31ClF3N3O5S/c1-38-32(42)30(19-23-10-5-3-6-11-23)39(21-24-12-9-13-26(18-24)45-2)31(41)22-40(46(43,44)27-14-7-4-8-15-27)29-20-25(33(35,36)37)16-17-28(29)34/h3-18,20,30H,19,21-22H2,1-2H3,(H,38,42)/t30-/m0/s1. The van der Waals surface area contributed by atoms with Gasteiger partial charge in [-0.15, -0.1) is 0 Å². The van der Waals surface area contributed by atoms with Crippen LogP contribution < -0.4 is 14.4 Å².